The summed E-state index contributed by atoms with van der Waals surface area (Å²) >= 11 is 11.8. The van der Waals surface area contributed by atoms with Crippen LogP contribution in [0.25, 0.3) is 0 Å². The van der Waals surface area contributed by atoms with Gasteiger partial charge in [0.05, 0.1) is 6.10 Å². The molecule has 1 aromatic carbocycles. The molecule has 2 nitrogen and oxygen atoms in total. The molecular weight excluding hydrogens is 259 g/mol. The fraction of sp³-hybridized carbons (Fsp3) is 0.538. The molecule has 1 N–H and O–H groups in total. The molecule has 0 spiro atoms. The molecule has 0 bridgehead atoms. The summed E-state index contributed by atoms with van der Waals surface area (Å²) in [6, 6.07) is 5.12. The molecule has 1 aliphatic rings. The molecule has 17 heavy (non-hydrogen) atoms. The van der Waals surface area contributed by atoms with E-state index < -0.39 is 6.10 Å². The third kappa shape index (κ3) is 3.77. The predicted molar refractivity (Wildman–Crippen MR) is 70.0 cm³/mol. The first-order chi connectivity index (χ1) is 8.15. The largest absolute Gasteiger partial charge is 0.488 e. The summed E-state index contributed by atoms with van der Waals surface area (Å²) in [6.07, 6.45) is 4.47. The summed E-state index contributed by atoms with van der Waals surface area (Å²) in [5.41, 5.74) is 0. The standard InChI is InChI=1S/C13H16Cl2O2/c14-9-6-10(15)8-11(7-9)17-13-5-3-1-2-4-12(13)16/h6-8,12-13,16H,1-5H2. The van der Waals surface area contributed by atoms with Crippen LogP contribution in [0.1, 0.15) is 32.1 Å². The van der Waals surface area contributed by atoms with Crippen molar-refractivity contribution >= 4 is 23.2 Å². The summed E-state index contributed by atoms with van der Waals surface area (Å²) in [6.45, 7) is 0. The van der Waals surface area contributed by atoms with Crippen LogP contribution in [0.4, 0.5) is 0 Å². The Morgan fingerprint density at radius 2 is 1.65 bits per heavy atom. The van der Waals surface area contributed by atoms with E-state index in [0.717, 1.165) is 32.1 Å². The molecule has 2 unspecified atom stereocenters. The fourth-order valence-corrected chi connectivity index (χ4v) is 2.67. The lowest BCUT2D eigenvalue weighted by Crippen LogP contribution is -2.30. The van der Waals surface area contributed by atoms with Gasteiger partial charge in [0, 0.05) is 10.0 Å². The molecule has 94 valence electrons. The zero-order valence-corrected chi connectivity index (χ0v) is 11.0. The Kier molecular flexibility index (Phi) is 4.55. The predicted octanol–water partition coefficient (Wildman–Crippen LogP) is 4.07. The van der Waals surface area contributed by atoms with Gasteiger partial charge < -0.3 is 9.84 Å². The maximum atomic E-state index is 9.96. The first kappa shape index (κ1) is 13.0. The van der Waals surface area contributed by atoms with Gasteiger partial charge in [-0.2, -0.15) is 0 Å². The van der Waals surface area contributed by atoms with Gasteiger partial charge in [-0.15, -0.1) is 0 Å². The van der Waals surface area contributed by atoms with Crippen molar-refractivity contribution in [3.63, 3.8) is 0 Å². The molecule has 0 radical (unpaired) electrons. The SMILES string of the molecule is OC1CCCCCC1Oc1cc(Cl)cc(Cl)c1. The molecule has 1 aromatic rings. The van der Waals surface area contributed by atoms with Gasteiger partial charge >= 0.3 is 0 Å². The minimum atomic E-state index is -0.393. The van der Waals surface area contributed by atoms with Gasteiger partial charge in [-0.3, -0.25) is 0 Å². The normalized spacial score (nSPS) is 25.4. The molecule has 2 atom stereocenters. The first-order valence-electron chi connectivity index (χ1n) is 5.96. The zero-order chi connectivity index (χ0) is 12.3. The van der Waals surface area contributed by atoms with E-state index in [2.05, 4.69) is 0 Å². The van der Waals surface area contributed by atoms with Crippen LogP contribution in [0.15, 0.2) is 18.2 Å². The van der Waals surface area contributed by atoms with Crippen molar-refractivity contribution < 1.29 is 9.84 Å². The minimum Gasteiger partial charge on any atom is -0.488 e. The van der Waals surface area contributed by atoms with Crippen LogP contribution < -0.4 is 4.74 Å². The van der Waals surface area contributed by atoms with Gasteiger partial charge in [-0.25, -0.2) is 0 Å². The number of hydrogen-bond donors (Lipinski definition) is 1. The summed E-state index contributed by atoms with van der Waals surface area (Å²) in [5.74, 6) is 0.633. The van der Waals surface area contributed by atoms with E-state index >= 15 is 0 Å². The summed E-state index contributed by atoms with van der Waals surface area (Å²) in [4.78, 5) is 0. The Morgan fingerprint density at radius 3 is 2.35 bits per heavy atom. The van der Waals surface area contributed by atoms with Crippen LogP contribution >= 0.6 is 23.2 Å². The van der Waals surface area contributed by atoms with E-state index in [0.29, 0.717) is 15.8 Å². The second kappa shape index (κ2) is 5.94. The van der Waals surface area contributed by atoms with Crippen molar-refractivity contribution in [3.8, 4) is 5.75 Å². The monoisotopic (exact) mass is 274 g/mol. The highest BCUT2D eigenvalue weighted by Gasteiger charge is 2.23. The summed E-state index contributed by atoms with van der Waals surface area (Å²) < 4.78 is 5.79. The quantitative estimate of drug-likeness (QED) is 0.824. The number of benzene rings is 1. The van der Waals surface area contributed by atoms with Gasteiger partial charge in [0.25, 0.3) is 0 Å². The van der Waals surface area contributed by atoms with Gasteiger partial charge in [0.2, 0.25) is 0 Å². The molecule has 2 rings (SSSR count). The lowest BCUT2D eigenvalue weighted by atomic mass is 10.1. The Morgan fingerprint density at radius 1 is 1.00 bits per heavy atom. The average Bonchev–Trinajstić information content (AvgIpc) is 2.43. The Labute approximate surface area is 111 Å². The molecule has 1 fully saturated rings. The highest BCUT2D eigenvalue weighted by molar-refractivity contribution is 6.34. The molecule has 0 heterocycles. The van der Waals surface area contributed by atoms with Crippen LogP contribution in [-0.4, -0.2) is 17.3 Å². The second-order valence-electron chi connectivity index (χ2n) is 4.47. The maximum absolute atomic E-state index is 9.96. The second-order valence-corrected chi connectivity index (χ2v) is 5.34. The van der Waals surface area contributed by atoms with Crippen LogP contribution in [-0.2, 0) is 0 Å². The van der Waals surface area contributed by atoms with Crippen molar-refractivity contribution in [3.05, 3.63) is 28.2 Å². The van der Waals surface area contributed by atoms with Crippen molar-refractivity contribution in [2.75, 3.05) is 0 Å². The third-order valence-electron chi connectivity index (χ3n) is 3.04. The Bertz CT molecular complexity index is 361. The fourth-order valence-electron chi connectivity index (χ4n) is 2.16. The molecule has 4 heteroatoms. The number of aliphatic hydroxyl groups excluding tert-OH is 1. The van der Waals surface area contributed by atoms with E-state index in [4.69, 9.17) is 27.9 Å². The zero-order valence-electron chi connectivity index (χ0n) is 9.53. The molecule has 1 saturated carbocycles. The van der Waals surface area contributed by atoms with E-state index in [1.807, 2.05) is 0 Å². The van der Waals surface area contributed by atoms with Gasteiger partial charge in [0.15, 0.2) is 0 Å². The van der Waals surface area contributed by atoms with Crippen LogP contribution in [0.3, 0.4) is 0 Å². The minimum absolute atomic E-state index is 0.146. The Balaban J connectivity index is 2.07. The summed E-state index contributed by atoms with van der Waals surface area (Å²) in [7, 11) is 0. The molecule has 0 aliphatic heterocycles. The van der Waals surface area contributed by atoms with Gasteiger partial charge in [-0.1, -0.05) is 36.0 Å². The highest BCUT2D eigenvalue weighted by Crippen LogP contribution is 2.28. The Hall–Kier alpha value is -0.440. The van der Waals surface area contributed by atoms with E-state index in [9.17, 15) is 5.11 Å². The van der Waals surface area contributed by atoms with Crippen molar-refractivity contribution in [2.24, 2.45) is 0 Å². The molecule has 0 aromatic heterocycles. The van der Waals surface area contributed by atoms with E-state index in [1.165, 1.54) is 0 Å². The van der Waals surface area contributed by atoms with Crippen molar-refractivity contribution in [2.45, 2.75) is 44.3 Å². The van der Waals surface area contributed by atoms with E-state index in [-0.39, 0.29) is 6.10 Å². The third-order valence-corrected chi connectivity index (χ3v) is 3.48. The highest BCUT2D eigenvalue weighted by atomic mass is 35.5. The topological polar surface area (TPSA) is 29.5 Å². The number of ether oxygens (including phenoxy) is 1. The van der Waals surface area contributed by atoms with Crippen LogP contribution in [0.2, 0.25) is 10.0 Å². The van der Waals surface area contributed by atoms with Gasteiger partial charge in [0.1, 0.15) is 11.9 Å². The first-order valence-corrected chi connectivity index (χ1v) is 6.71. The molecule has 0 amide bonds. The summed E-state index contributed by atoms with van der Waals surface area (Å²) in [5, 5.41) is 11.1. The van der Waals surface area contributed by atoms with Crippen molar-refractivity contribution in [1.82, 2.24) is 0 Å². The molecule has 0 saturated heterocycles. The van der Waals surface area contributed by atoms with Crippen LogP contribution in [0.5, 0.6) is 5.75 Å². The number of halogens is 2. The molecular formula is C13H16Cl2O2. The smallest absolute Gasteiger partial charge is 0.124 e. The lowest BCUT2D eigenvalue weighted by Gasteiger charge is -2.22. The van der Waals surface area contributed by atoms with E-state index in [1.54, 1.807) is 18.2 Å². The number of hydrogen-bond acceptors (Lipinski definition) is 2. The molecule has 1 aliphatic carbocycles. The number of aliphatic hydroxyl groups is 1. The van der Waals surface area contributed by atoms with Crippen LogP contribution in [0, 0.1) is 0 Å². The van der Waals surface area contributed by atoms with Crippen molar-refractivity contribution in [1.29, 1.82) is 0 Å². The number of rotatable bonds is 2. The maximum Gasteiger partial charge on any atom is 0.124 e. The average molecular weight is 275 g/mol. The lowest BCUT2D eigenvalue weighted by molar-refractivity contribution is 0.0320. The van der Waals surface area contributed by atoms with Gasteiger partial charge in [-0.05, 0) is 37.5 Å².